The number of hydrogen-bond donors (Lipinski definition) is 1. The highest BCUT2D eigenvalue weighted by Gasteiger charge is 2.16. The van der Waals surface area contributed by atoms with Gasteiger partial charge in [-0.1, -0.05) is 70.2 Å². The van der Waals surface area contributed by atoms with E-state index in [0.717, 1.165) is 51.8 Å². The summed E-state index contributed by atoms with van der Waals surface area (Å²) >= 11 is 1.76. The summed E-state index contributed by atoms with van der Waals surface area (Å²) in [4.78, 5) is 22.0. The van der Waals surface area contributed by atoms with Crippen LogP contribution in [0.25, 0.3) is 28.2 Å². The summed E-state index contributed by atoms with van der Waals surface area (Å²) in [5.74, 6) is 0.938. The molecule has 0 spiro atoms. The lowest BCUT2D eigenvalue weighted by Crippen LogP contribution is -2.23. The molecule has 34 heavy (non-hydrogen) atoms. The van der Waals surface area contributed by atoms with E-state index in [0.29, 0.717) is 12.1 Å². The van der Waals surface area contributed by atoms with Gasteiger partial charge in [0.1, 0.15) is 5.03 Å². The average Bonchev–Trinajstić information content (AvgIpc) is 3.26. The van der Waals surface area contributed by atoms with Gasteiger partial charge < -0.3 is 5.32 Å². The Hall–Kier alpha value is -3.12. The zero-order valence-corrected chi connectivity index (χ0v) is 21.2. The van der Waals surface area contributed by atoms with Crippen molar-refractivity contribution >= 4 is 23.3 Å². The van der Waals surface area contributed by atoms with Crippen molar-refractivity contribution in [3.05, 3.63) is 72.6 Å². The quantitative estimate of drug-likeness (QED) is 0.289. The lowest BCUT2D eigenvalue weighted by molar-refractivity contribution is 0.0953. The molecule has 0 aliphatic heterocycles. The fourth-order valence-corrected chi connectivity index (χ4v) is 4.96. The standard InChI is InChI=1S/C28H32N4OS/c1-5-16-29-26(33)22-13-11-21(12-14-22)24-18-30-25-27(34-17-15-28(2,3)4)31-23(19-32(24)25)20-9-7-6-8-10-20/h6-14,18-19H,5,15-17H2,1-4H3,(H,29,33). The molecule has 4 aromatic rings. The number of nitrogens with zero attached hydrogens (tertiary/aromatic N) is 3. The van der Waals surface area contributed by atoms with Crippen LogP contribution >= 0.6 is 11.8 Å². The predicted molar refractivity (Wildman–Crippen MR) is 141 cm³/mol. The van der Waals surface area contributed by atoms with Gasteiger partial charge in [-0.15, -0.1) is 11.8 Å². The smallest absolute Gasteiger partial charge is 0.251 e. The highest BCUT2D eigenvalue weighted by atomic mass is 32.2. The van der Waals surface area contributed by atoms with Crippen LogP contribution in [0.4, 0.5) is 0 Å². The van der Waals surface area contributed by atoms with Gasteiger partial charge in [-0.2, -0.15) is 0 Å². The molecule has 4 rings (SSSR count). The van der Waals surface area contributed by atoms with Crippen molar-refractivity contribution in [2.75, 3.05) is 12.3 Å². The molecule has 0 unspecified atom stereocenters. The minimum absolute atomic E-state index is 0.0420. The van der Waals surface area contributed by atoms with Gasteiger partial charge in [-0.05, 0) is 30.4 Å². The van der Waals surface area contributed by atoms with Crippen molar-refractivity contribution in [2.24, 2.45) is 5.41 Å². The van der Waals surface area contributed by atoms with Crippen molar-refractivity contribution in [3.63, 3.8) is 0 Å². The van der Waals surface area contributed by atoms with Gasteiger partial charge in [0.05, 0.1) is 17.6 Å². The fourth-order valence-electron chi connectivity index (χ4n) is 3.61. The highest BCUT2D eigenvalue weighted by molar-refractivity contribution is 7.99. The number of fused-ring (bicyclic) bond motifs is 1. The van der Waals surface area contributed by atoms with E-state index < -0.39 is 0 Å². The Balaban J connectivity index is 1.72. The zero-order valence-electron chi connectivity index (χ0n) is 20.3. The molecule has 176 valence electrons. The van der Waals surface area contributed by atoms with E-state index >= 15 is 0 Å². The minimum Gasteiger partial charge on any atom is -0.352 e. The lowest BCUT2D eigenvalue weighted by Gasteiger charge is -2.17. The normalized spacial score (nSPS) is 11.6. The number of thioether (sulfide) groups is 1. The molecule has 0 saturated heterocycles. The molecule has 2 aromatic carbocycles. The minimum atomic E-state index is -0.0420. The first-order valence-corrected chi connectivity index (χ1v) is 12.8. The van der Waals surface area contributed by atoms with Crippen LogP contribution in [0.5, 0.6) is 0 Å². The summed E-state index contributed by atoms with van der Waals surface area (Å²) in [5.41, 5.74) is 5.77. The number of carbonyl (C=O) groups is 1. The summed E-state index contributed by atoms with van der Waals surface area (Å²) in [6.07, 6.45) is 5.96. The maximum atomic E-state index is 12.3. The maximum absolute atomic E-state index is 12.3. The molecule has 2 heterocycles. The summed E-state index contributed by atoms with van der Waals surface area (Å²) < 4.78 is 2.13. The fraction of sp³-hybridized carbons (Fsp3) is 0.321. The van der Waals surface area contributed by atoms with E-state index in [9.17, 15) is 4.79 Å². The van der Waals surface area contributed by atoms with Crippen LogP contribution in [0, 0.1) is 5.41 Å². The Kier molecular flexibility index (Phi) is 7.37. The Morgan fingerprint density at radius 2 is 1.76 bits per heavy atom. The summed E-state index contributed by atoms with van der Waals surface area (Å²) in [5, 5.41) is 3.87. The third kappa shape index (κ3) is 5.68. The number of hydrogen-bond acceptors (Lipinski definition) is 4. The molecule has 0 aliphatic carbocycles. The lowest BCUT2D eigenvalue weighted by atomic mass is 9.94. The number of benzene rings is 2. The molecular formula is C28H32N4OS. The Morgan fingerprint density at radius 3 is 2.44 bits per heavy atom. The van der Waals surface area contributed by atoms with Gasteiger partial charge in [-0.3, -0.25) is 9.20 Å². The largest absolute Gasteiger partial charge is 0.352 e. The summed E-state index contributed by atoms with van der Waals surface area (Å²) in [6.45, 7) is 9.51. The maximum Gasteiger partial charge on any atom is 0.251 e. The van der Waals surface area contributed by atoms with Crippen molar-refractivity contribution < 1.29 is 4.79 Å². The second-order valence-corrected chi connectivity index (χ2v) is 10.7. The van der Waals surface area contributed by atoms with Crippen molar-refractivity contribution in [1.82, 2.24) is 19.7 Å². The first-order chi connectivity index (χ1) is 16.4. The van der Waals surface area contributed by atoms with Crippen LogP contribution in [0.15, 0.2) is 72.0 Å². The SMILES string of the molecule is CCCNC(=O)c1ccc(-c2cnc3c(SCCC(C)(C)C)nc(-c4ccccc4)cn23)cc1. The highest BCUT2D eigenvalue weighted by Crippen LogP contribution is 2.32. The molecule has 0 radical (unpaired) electrons. The molecule has 0 bridgehead atoms. The molecule has 2 aromatic heterocycles. The molecule has 6 heteroatoms. The Bertz CT molecular complexity index is 1260. The average molecular weight is 473 g/mol. The van der Waals surface area contributed by atoms with Gasteiger partial charge in [0, 0.05) is 35.2 Å². The van der Waals surface area contributed by atoms with Crippen molar-refractivity contribution in [3.8, 4) is 22.5 Å². The zero-order chi connectivity index (χ0) is 24.1. The van der Waals surface area contributed by atoms with Gasteiger partial charge in [0.2, 0.25) is 0 Å². The molecule has 1 N–H and O–H groups in total. The number of imidazole rings is 1. The van der Waals surface area contributed by atoms with E-state index in [1.807, 2.05) is 55.6 Å². The number of nitrogens with one attached hydrogen (secondary N) is 1. The van der Waals surface area contributed by atoms with Gasteiger partial charge in [-0.25, -0.2) is 9.97 Å². The number of carbonyl (C=O) groups excluding carboxylic acids is 1. The number of rotatable bonds is 8. The summed E-state index contributed by atoms with van der Waals surface area (Å²) in [7, 11) is 0. The van der Waals surface area contributed by atoms with Crippen LogP contribution in [-0.2, 0) is 0 Å². The first kappa shape index (κ1) is 24.0. The van der Waals surface area contributed by atoms with Gasteiger partial charge in [0.25, 0.3) is 5.91 Å². The van der Waals surface area contributed by atoms with Crippen LogP contribution in [-0.4, -0.2) is 32.6 Å². The molecule has 1 amide bonds. The first-order valence-electron chi connectivity index (χ1n) is 11.8. The van der Waals surface area contributed by atoms with E-state index in [2.05, 4.69) is 48.8 Å². The third-order valence-corrected chi connectivity index (χ3v) is 6.56. The van der Waals surface area contributed by atoms with E-state index in [1.165, 1.54) is 0 Å². The third-order valence-electron chi connectivity index (χ3n) is 5.60. The number of aromatic nitrogens is 3. The molecule has 0 aliphatic rings. The summed E-state index contributed by atoms with van der Waals surface area (Å²) in [6, 6.07) is 18.0. The van der Waals surface area contributed by atoms with Crippen molar-refractivity contribution in [1.29, 1.82) is 0 Å². The second-order valence-electron chi connectivity index (χ2n) is 9.63. The predicted octanol–water partition coefficient (Wildman–Crippen LogP) is 6.73. The van der Waals surface area contributed by atoms with Gasteiger partial charge in [0.15, 0.2) is 5.65 Å². The Labute approximate surface area is 206 Å². The monoisotopic (exact) mass is 472 g/mol. The Morgan fingerprint density at radius 1 is 1.03 bits per heavy atom. The van der Waals surface area contributed by atoms with E-state index in [4.69, 9.17) is 9.97 Å². The molecule has 0 fully saturated rings. The van der Waals surface area contributed by atoms with Gasteiger partial charge >= 0.3 is 0 Å². The van der Waals surface area contributed by atoms with E-state index in [1.54, 1.807) is 11.8 Å². The number of amides is 1. The second kappa shape index (κ2) is 10.4. The van der Waals surface area contributed by atoms with Crippen LogP contribution in [0.3, 0.4) is 0 Å². The van der Waals surface area contributed by atoms with Crippen LogP contribution in [0.1, 0.15) is 50.9 Å². The molecule has 0 saturated carbocycles. The molecule has 0 atom stereocenters. The van der Waals surface area contributed by atoms with Crippen LogP contribution < -0.4 is 5.32 Å². The van der Waals surface area contributed by atoms with Crippen molar-refractivity contribution in [2.45, 2.75) is 45.6 Å². The topological polar surface area (TPSA) is 59.3 Å². The van der Waals surface area contributed by atoms with Crippen LogP contribution in [0.2, 0.25) is 0 Å². The molecular weight excluding hydrogens is 440 g/mol. The van der Waals surface area contributed by atoms with E-state index in [-0.39, 0.29) is 11.3 Å². The molecule has 5 nitrogen and oxygen atoms in total.